The molecule has 0 aromatic carbocycles. The first kappa shape index (κ1) is 11.2. The first-order valence-electron chi connectivity index (χ1n) is 6.03. The summed E-state index contributed by atoms with van der Waals surface area (Å²) in [6.07, 6.45) is 3.51. The Kier molecular flexibility index (Phi) is 3.03. The molecule has 1 heterocycles. The first-order chi connectivity index (χ1) is 7.65. The molecule has 1 aliphatic carbocycles. The van der Waals surface area contributed by atoms with Crippen LogP contribution in [0.25, 0.3) is 0 Å². The SMILES string of the molecule is CCOC(=O)c1[nH]c2c(c1C)CCCC2C. The van der Waals surface area contributed by atoms with Crippen molar-refractivity contribution in [1.82, 2.24) is 4.98 Å². The number of aromatic nitrogens is 1. The zero-order valence-corrected chi connectivity index (χ0v) is 10.2. The highest BCUT2D eigenvalue weighted by molar-refractivity contribution is 5.89. The fourth-order valence-electron chi connectivity index (χ4n) is 2.54. The molecule has 1 unspecified atom stereocenters. The lowest BCUT2D eigenvalue weighted by molar-refractivity contribution is 0.0519. The van der Waals surface area contributed by atoms with Gasteiger partial charge < -0.3 is 9.72 Å². The van der Waals surface area contributed by atoms with Gasteiger partial charge in [0.05, 0.1) is 6.61 Å². The van der Waals surface area contributed by atoms with E-state index in [1.807, 2.05) is 13.8 Å². The molecule has 0 amide bonds. The molecule has 3 nitrogen and oxygen atoms in total. The third kappa shape index (κ3) is 1.75. The molecule has 88 valence electrons. The average molecular weight is 221 g/mol. The van der Waals surface area contributed by atoms with Crippen molar-refractivity contribution in [2.24, 2.45) is 0 Å². The number of aromatic amines is 1. The summed E-state index contributed by atoms with van der Waals surface area (Å²) in [5, 5.41) is 0. The Bertz CT molecular complexity index is 406. The number of rotatable bonds is 2. The van der Waals surface area contributed by atoms with Crippen LogP contribution >= 0.6 is 0 Å². The third-order valence-electron chi connectivity index (χ3n) is 3.45. The van der Waals surface area contributed by atoms with Gasteiger partial charge in [-0.3, -0.25) is 0 Å². The molecule has 0 saturated carbocycles. The van der Waals surface area contributed by atoms with E-state index in [9.17, 15) is 4.79 Å². The molecule has 16 heavy (non-hydrogen) atoms. The largest absolute Gasteiger partial charge is 0.461 e. The Morgan fingerprint density at radius 2 is 2.31 bits per heavy atom. The maximum absolute atomic E-state index is 11.7. The normalized spacial score (nSPS) is 19.3. The first-order valence-corrected chi connectivity index (χ1v) is 6.03. The Hall–Kier alpha value is -1.25. The van der Waals surface area contributed by atoms with Crippen LogP contribution in [0.2, 0.25) is 0 Å². The average Bonchev–Trinajstić information content (AvgIpc) is 2.59. The van der Waals surface area contributed by atoms with Crippen LogP contribution in [0, 0.1) is 6.92 Å². The minimum Gasteiger partial charge on any atom is -0.461 e. The Morgan fingerprint density at radius 3 is 2.94 bits per heavy atom. The fraction of sp³-hybridized carbons (Fsp3) is 0.615. The standard InChI is InChI=1S/C13H19NO2/c1-4-16-13(15)12-9(3)10-7-5-6-8(2)11(10)14-12/h8,14H,4-7H2,1-3H3. The molecule has 0 bridgehead atoms. The molecule has 2 rings (SSSR count). The lowest BCUT2D eigenvalue weighted by atomic mass is 9.88. The van der Waals surface area contributed by atoms with E-state index < -0.39 is 0 Å². The van der Waals surface area contributed by atoms with Crippen LogP contribution in [0.1, 0.15) is 59.9 Å². The number of ether oxygens (including phenoxy) is 1. The van der Waals surface area contributed by atoms with E-state index in [2.05, 4.69) is 11.9 Å². The van der Waals surface area contributed by atoms with E-state index in [-0.39, 0.29) is 5.97 Å². The van der Waals surface area contributed by atoms with E-state index in [0.29, 0.717) is 18.2 Å². The van der Waals surface area contributed by atoms with Gasteiger partial charge in [-0.25, -0.2) is 4.79 Å². The highest BCUT2D eigenvalue weighted by Gasteiger charge is 2.25. The van der Waals surface area contributed by atoms with Crippen LogP contribution in [0.5, 0.6) is 0 Å². The van der Waals surface area contributed by atoms with Crippen molar-refractivity contribution in [2.75, 3.05) is 6.61 Å². The number of esters is 1. The summed E-state index contributed by atoms with van der Waals surface area (Å²) in [6.45, 7) is 6.48. The lowest BCUT2D eigenvalue weighted by Crippen LogP contribution is -2.07. The molecule has 0 fully saturated rings. The highest BCUT2D eigenvalue weighted by Crippen LogP contribution is 2.34. The third-order valence-corrected chi connectivity index (χ3v) is 3.45. The molecule has 1 atom stereocenters. The molecular weight excluding hydrogens is 202 g/mol. The zero-order chi connectivity index (χ0) is 11.7. The minimum absolute atomic E-state index is 0.221. The zero-order valence-electron chi connectivity index (χ0n) is 10.2. The van der Waals surface area contributed by atoms with Crippen molar-refractivity contribution >= 4 is 5.97 Å². The van der Waals surface area contributed by atoms with E-state index in [1.165, 1.54) is 24.1 Å². The monoisotopic (exact) mass is 221 g/mol. The van der Waals surface area contributed by atoms with Crippen LogP contribution < -0.4 is 0 Å². The number of nitrogens with one attached hydrogen (secondary N) is 1. The molecule has 0 saturated heterocycles. The van der Waals surface area contributed by atoms with Gasteiger partial charge in [-0.05, 0) is 50.2 Å². The van der Waals surface area contributed by atoms with E-state index in [4.69, 9.17) is 4.74 Å². The summed E-state index contributed by atoms with van der Waals surface area (Å²) >= 11 is 0. The second kappa shape index (κ2) is 4.32. The van der Waals surface area contributed by atoms with Crippen molar-refractivity contribution in [1.29, 1.82) is 0 Å². The van der Waals surface area contributed by atoms with Gasteiger partial charge in [0.1, 0.15) is 5.69 Å². The minimum atomic E-state index is -0.221. The molecule has 3 heteroatoms. The van der Waals surface area contributed by atoms with Gasteiger partial charge >= 0.3 is 5.97 Å². The summed E-state index contributed by atoms with van der Waals surface area (Å²) in [6, 6.07) is 0. The van der Waals surface area contributed by atoms with E-state index >= 15 is 0 Å². The number of fused-ring (bicyclic) bond motifs is 1. The molecule has 0 aliphatic heterocycles. The topological polar surface area (TPSA) is 42.1 Å². The predicted molar refractivity (Wildman–Crippen MR) is 62.8 cm³/mol. The van der Waals surface area contributed by atoms with Crippen molar-refractivity contribution in [2.45, 2.75) is 46.0 Å². The fourth-order valence-corrected chi connectivity index (χ4v) is 2.54. The number of H-pyrrole nitrogens is 1. The molecule has 0 radical (unpaired) electrons. The van der Waals surface area contributed by atoms with Crippen molar-refractivity contribution in [3.05, 3.63) is 22.5 Å². The van der Waals surface area contributed by atoms with Crippen molar-refractivity contribution < 1.29 is 9.53 Å². The van der Waals surface area contributed by atoms with Crippen LogP contribution in [0.4, 0.5) is 0 Å². The predicted octanol–water partition coefficient (Wildman–Crippen LogP) is 2.94. The summed E-state index contributed by atoms with van der Waals surface area (Å²) in [7, 11) is 0. The number of hydrogen-bond acceptors (Lipinski definition) is 2. The molecule has 1 aliphatic rings. The van der Waals surface area contributed by atoms with Gasteiger partial charge in [-0.2, -0.15) is 0 Å². The second-order valence-corrected chi connectivity index (χ2v) is 4.53. The number of carbonyl (C=O) groups is 1. The molecule has 1 N–H and O–H groups in total. The van der Waals surface area contributed by atoms with E-state index in [1.54, 1.807) is 0 Å². The van der Waals surface area contributed by atoms with Crippen molar-refractivity contribution in [3.63, 3.8) is 0 Å². The smallest absolute Gasteiger partial charge is 0.355 e. The lowest BCUT2D eigenvalue weighted by Gasteiger charge is -2.18. The second-order valence-electron chi connectivity index (χ2n) is 4.53. The van der Waals surface area contributed by atoms with Gasteiger partial charge in [0.15, 0.2) is 0 Å². The maximum atomic E-state index is 11.7. The Morgan fingerprint density at radius 1 is 1.56 bits per heavy atom. The van der Waals surface area contributed by atoms with Crippen LogP contribution in [0.3, 0.4) is 0 Å². The number of hydrogen-bond donors (Lipinski definition) is 1. The summed E-state index contributed by atoms with van der Waals surface area (Å²) in [5.41, 5.74) is 4.31. The molecular formula is C13H19NO2. The quantitative estimate of drug-likeness (QED) is 0.780. The summed E-state index contributed by atoms with van der Waals surface area (Å²) in [5.74, 6) is 0.312. The van der Waals surface area contributed by atoms with Gasteiger partial charge in [-0.1, -0.05) is 6.92 Å². The molecule has 1 aromatic rings. The van der Waals surface area contributed by atoms with Gasteiger partial charge in [0.25, 0.3) is 0 Å². The summed E-state index contributed by atoms with van der Waals surface area (Å²) < 4.78 is 5.05. The summed E-state index contributed by atoms with van der Waals surface area (Å²) in [4.78, 5) is 15.0. The molecule has 0 spiro atoms. The van der Waals surface area contributed by atoms with Crippen LogP contribution in [0.15, 0.2) is 0 Å². The highest BCUT2D eigenvalue weighted by atomic mass is 16.5. The van der Waals surface area contributed by atoms with Gasteiger partial charge in [-0.15, -0.1) is 0 Å². The molecule has 1 aromatic heterocycles. The van der Waals surface area contributed by atoms with E-state index in [0.717, 1.165) is 12.0 Å². The Balaban J connectivity index is 2.38. The Labute approximate surface area is 96.2 Å². The van der Waals surface area contributed by atoms with Gasteiger partial charge in [0, 0.05) is 5.69 Å². The van der Waals surface area contributed by atoms with Crippen molar-refractivity contribution in [3.8, 4) is 0 Å². The van der Waals surface area contributed by atoms with Crippen LogP contribution in [-0.2, 0) is 11.2 Å². The van der Waals surface area contributed by atoms with Gasteiger partial charge in [0.2, 0.25) is 0 Å². The maximum Gasteiger partial charge on any atom is 0.355 e. The number of carbonyl (C=O) groups excluding carboxylic acids is 1. The van der Waals surface area contributed by atoms with Crippen LogP contribution in [-0.4, -0.2) is 17.6 Å².